The topological polar surface area (TPSA) is 63.3 Å². The largest absolute Gasteiger partial charge is 0.481 e. The minimum atomic E-state index is -1.33. The van der Waals surface area contributed by atoms with Crippen molar-refractivity contribution in [3.05, 3.63) is 35.1 Å². The number of carboxylic acid groups (broad SMARTS) is 1. The van der Waals surface area contributed by atoms with Gasteiger partial charge in [-0.3, -0.25) is 4.79 Å². The summed E-state index contributed by atoms with van der Waals surface area (Å²) in [6, 6.07) is -0.289. The Morgan fingerprint density at radius 3 is 2.33 bits per heavy atom. The Balaban J connectivity index is 3.03. The first-order valence-electron chi connectivity index (χ1n) is 4.03. The number of rotatable bonds is 3. The predicted octanol–water partition coefficient (Wildman–Crippen LogP) is 1.58. The quantitative estimate of drug-likeness (QED) is 0.758. The normalized spacial score (nSPS) is 12.5. The van der Waals surface area contributed by atoms with Crippen LogP contribution in [-0.2, 0) is 4.79 Å². The van der Waals surface area contributed by atoms with E-state index in [1.54, 1.807) is 0 Å². The summed E-state index contributed by atoms with van der Waals surface area (Å²) < 4.78 is 38.3. The molecule has 1 unspecified atom stereocenters. The Hall–Kier alpha value is -1.56. The number of carbonyl (C=O) groups is 1. The van der Waals surface area contributed by atoms with Crippen LogP contribution < -0.4 is 5.73 Å². The molecular formula is C9H8F3NO2. The molecule has 1 aromatic carbocycles. The summed E-state index contributed by atoms with van der Waals surface area (Å²) in [4.78, 5) is 10.3. The molecule has 0 fully saturated rings. The molecule has 15 heavy (non-hydrogen) atoms. The van der Waals surface area contributed by atoms with Crippen LogP contribution in [0.3, 0.4) is 0 Å². The van der Waals surface area contributed by atoms with Gasteiger partial charge in [-0.15, -0.1) is 0 Å². The third kappa shape index (κ3) is 2.69. The Morgan fingerprint density at radius 2 is 1.80 bits per heavy atom. The first-order valence-corrected chi connectivity index (χ1v) is 4.03. The lowest BCUT2D eigenvalue weighted by molar-refractivity contribution is -0.137. The van der Waals surface area contributed by atoms with Gasteiger partial charge < -0.3 is 10.8 Å². The van der Waals surface area contributed by atoms with Gasteiger partial charge in [0, 0.05) is 17.7 Å². The second-order valence-electron chi connectivity index (χ2n) is 2.99. The highest BCUT2D eigenvalue weighted by atomic mass is 19.2. The molecule has 1 aromatic rings. The van der Waals surface area contributed by atoms with Crippen LogP contribution in [0.2, 0.25) is 0 Å². The molecule has 0 heterocycles. The first kappa shape index (κ1) is 11.5. The van der Waals surface area contributed by atoms with Crippen LogP contribution in [0, 0.1) is 17.5 Å². The van der Waals surface area contributed by atoms with Crippen LogP contribution in [0.5, 0.6) is 0 Å². The number of hydrogen-bond donors (Lipinski definition) is 2. The Bertz CT molecular complexity index is 395. The second kappa shape index (κ2) is 4.31. The van der Waals surface area contributed by atoms with E-state index in [1.165, 1.54) is 0 Å². The van der Waals surface area contributed by atoms with E-state index in [-0.39, 0.29) is 5.56 Å². The molecule has 1 rings (SSSR count). The molecule has 0 spiro atoms. The number of benzene rings is 1. The minimum Gasteiger partial charge on any atom is -0.481 e. The first-order chi connectivity index (χ1) is 6.91. The van der Waals surface area contributed by atoms with Gasteiger partial charge in [-0.05, 0) is 6.07 Å². The molecule has 0 bridgehead atoms. The van der Waals surface area contributed by atoms with Gasteiger partial charge in [-0.2, -0.15) is 0 Å². The molecule has 3 nitrogen and oxygen atoms in total. The monoisotopic (exact) mass is 219 g/mol. The smallest absolute Gasteiger partial charge is 0.305 e. The van der Waals surface area contributed by atoms with E-state index in [0.717, 1.165) is 0 Å². The molecule has 0 amide bonds. The van der Waals surface area contributed by atoms with Crippen molar-refractivity contribution in [3.8, 4) is 0 Å². The van der Waals surface area contributed by atoms with Gasteiger partial charge in [0.15, 0.2) is 11.6 Å². The van der Waals surface area contributed by atoms with Crippen molar-refractivity contribution in [3.63, 3.8) is 0 Å². The molecule has 0 aliphatic heterocycles. The number of hydrogen-bond acceptors (Lipinski definition) is 2. The standard InChI is InChI=1S/C9H8F3NO2/c10-5-2-7(12)6(11)1-4(5)8(13)3-9(14)15/h1-2,8H,3,13H2,(H,14,15). The van der Waals surface area contributed by atoms with Gasteiger partial charge in [0.1, 0.15) is 5.82 Å². The summed E-state index contributed by atoms with van der Waals surface area (Å²) in [5.41, 5.74) is 4.96. The number of halogens is 3. The van der Waals surface area contributed by atoms with Crippen LogP contribution in [-0.4, -0.2) is 11.1 Å². The van der Waals surface area contributed by atoms with Crippen molar-refractivity contribution in [1.29, 1.82) is 0 Å². The van der Waals surface area contributed by atoms with Crippen molar-refractivity contribution in [1.82, 2.24) is 0 Å². The van der Waals surface area contributed by atoms with Crippen molar-refractivity contribution < 1.29 is 23.1 Å². The maximum atomic E-state index is 13.1. The average Bonchev–Trinajstić information content (AvgIpc) is 2.09. The van der Waals surface area contributed by atoms with Crippen LogP contribution in [0.25, 0.3) is 0 Å². The number of carboxylic acids is 1. The molecule has 0 radical (unpaired) electrons. The van der Waals surface area contributed by atoms with E-state index in [9.17, 15) is 18.0 Å². The fraction of sp³-hybridized carbons (Fsp3) is 0.222. The molecular weight excluding hydrogens is 211 g/mol. The Labute approximate surface area is 83.3 Å². The van der Waals surface area contributed by atoms with Gasteiger partial charge in [0.25, 0.3) is 0 Å². The van der Waals surface area contributed by atoms with Crippen molar-refractivity contribution in [2.75, 3.05) is 0 Å². The van der Waals surface area contributed by atoms with E-state index >= 15 is 0 Å². The van der Waals surface area contributed by atoms with E-state index < -0.39 is 35.9 Å². The van der Waals surface area contributed by atoms with Gasteiger partial charge in [0.2, 0.25) is 0 Å². The average molecular weight is 219 g/mol. The van der Waals surface area contributed by atoms with E-state index in [2.05, 4.69) is 0 Å². The summed E-state index contributed by atoms with van der Waals surface area (Å²) in [5, 5.41) is 8.39. The van der Waals surface area contributed by atoms with Crippen molar-refractivity contribution >= 4 is 5.97 Å². The zero-order valence-corrected chi connectivity index (χ0v) is 7.51. The fourth-order valence-corrected chi connectivity index (χ4v) is 1.12. The Morgan fingerprint density at radius 1 is 1.27 bits per heavy atom. The summed E-state index contributed by atoms with van der Waals surface area (Å²) in [5.74, 6) is -4.89. The maximum Gasteiger partial charge on any atom is 0.305 e. The van der Waals surface area contributed by atoms with Gasteiger partial charge in [0.05, 0.1) is 6.42 Å². The zero-order chi connectivity index (χ0) is 11.6. The lowest BCUT2D eigenvalue weighted by Crippen LogP contribution is -2.17. The molecule has 0 saturated carbocycles. The van der Waals surface area contributed by atoms with Gasteiger partial charge in [-0.1, -0.05) is 0 Å². The van der Waals surface area contributed by atoms with Gasteiger partial charge in [-0.25, -0.2) is 13.2 Å². The van der Waals surface area contributed by atoms with Crippen LogP contribution in [0.1, 0.15) is 18.0 Å². The Kier molecular flexibility index (Phi) is 3.31. The summed E-state index contributed by atoms with van der Waals surface area (Å²) in [6.07, 6.45) is -0.554. The number of aliphatic carboxylic acids is 1. The van der Waals surface area contributed by atoms with Gasteiger partial charge >= 0.3 is 5.97 Å². The third-order valence-corrected chi connectivity index (χ3v) is 1.83. The predicted molar refractivity (Wildman–Crippen MR) is 45.5 cm³/mol. The maximum absolute atomic E-state index is 13.1. The lowest BCUT2D eigenvalue weighted by atomic mass is 10.0. The van der Waals surface area contributed by atoms with Crippen molar-refractivity contribution in [2.24, 2.45) is 5.73 Å². The molecule has 0 aliphatic rings. The van der Waals surface area contributed by atoms with Crippen LogP contribution in [0.15, 0.2) is 12.1 Å². The van der Waals surface area contributed by atoms with E-state index in [1.807, 2.05) is 0 Å². The minimum absolute atomic E-state index is 0.340. The number of nitrogens with two attached hydrogens (primary N) is 1. The van der Waals surface area contributed by atoms with Crippen LogP contribution in [0.4, 0.5) is 13.2 Å². The fourth-order valence-electron chi connectivity index (χ4n) is 1.12. The highest BCUT2D eigenvalue weighted by Gasteiger charge is 2.17. The molecule has 0 aromatic heterocycles. The van der Waals surface area contributed by atoms with Crippen LogP contribution >= 0.6 is 0 Å². The third-order valence-electron chi connectivity index (χ3n) is 1.83. The zero-order valence-electron chi connectivity index (χ0n) is 7.51. The second-order valence-corrected chi connectivity index (χ2v) is 2.99. The molecule has 82 valence electrons. The SMILES string of the molecule is NC(CC(=O)O)c1cc(F)c(F)cc1F. The molecule has 0 saturated heterocycles. The van der Waals surface area contributed by atoms with E-state index in [4.69, 9.17) is 10.8 Å². The highest BCUT2D eigenvalue weighted by molar-refractivity contribution is 5.67. The lowest BCUT2D eigenvalue weighted by Gasteiger charge is -2.10. The molecule has 6 heteroatoms. The summed E-state index contributed by atoms with van der Waals surface area (Å²) >= 11 is 0. The summed E-state index contributed by atoms with van der Waals surface area (Å²) in [6.45, 7) is 0. The van der Waals surface area contributed by atoms with Crippen molar-refractivity contribution in [2.45, 2.75) is 12.5 Å². The summed E-state index contributed by atoms with van der Waals surface area (Å²) in [7, 11) is 0. The molecule has 0 aliphatic carbocycles. The van der Waals surface area contributed by atoms with E-state index in [0.29, 0.717) is 12.1 Å². The molecule has 1 atom stereocenters. The molecule has 3 N–H and O–H groups in total. The highest BCUT2D eigenvalue weighted by Crippen LogP contribution is 2.20.